The average molecular weight is 418 g/mol. The molecule has 4 heteroatoms. The van der Waals surface area contributed by atoms with Gasteiger partial charge in [-0.2, -0.15) is 0 Å². The summed E-state index contributed by atoms with van der Waals surface area (Å²) in [6.07, 6.45) is 6.40. The minimum atomic E-state index is 1.01. The van der Waals surface area contributed by atoms with Crippen LogP contribution in [0.4, 0.5) is 0 Å². The maximum Gasteiger partial charge on any atom is 0.0478 e. The molecule has 1 aromatic heterocycles. The van der Waals surface area contributed by atoms with Crippen LogP contribution >= 0.6 is 39.9 Å². The van der Waals surface area contributed by atoms with E-state index in [9.17, 15) is 0 Å². The number of aromatic amines is 1. The summed E-state index contributed by atoms with van der Waals surface area (Å²) in [5.74, 6) is 1.06. The van der Waals surface area contributed by atoms with Gasteiger partial charge < -0.3 is 4.98 Å². The number of aromatic nitrogens is 1. The number of aryl methyl sites for hydroxylation is 2. The van der Waals surface area contributed by atoms with Crippen LogP contribution in [0.25, 0.3) is 10.9 Å². The minimum Gasteiger partial charge on any atom is -0.361 e. The molecule has 2 aromatic carbocycles. The van der Waals surface area contributed by atoms with Crippen LogP contribution < -0.4 is 0 Å². The van der Waals surface area contributed by atoms with E-state index in [1.807, 2.05) is 11.8 Å². The second-order valence-corrected chi connectivity index (χ2v) is 8.67. The van der Waals surface area contributed by atoms with E-state index in [-0.39, 0.29) is 0 Å². The molecule has 0 unspecified atom stereocenters. The van der Waals surface area contributed by atoms with Crippen molar-refractivity contribution in [3.63, 3.8) is 0 Å². The van der Waals surface area contributed by atoms with Gasteiger partial charge in [0.2, 0.25) is 0 Å². The van der Waals surface area contributed by atoms with Crippen molar-refractivity contribution < 1.29 is 0 Å². The zero-order valence-corrected chi connectivity index (χ0v) is 16.6. The average Bonchev–Trinajstić information content (AvgIpc) is 2.98. The number of thiocarbonyl (C=S) groups is 1. The Bertz CT molecular complexity index is 825. The molecule has 0 bridgehead atoms. The fourth-order valence-corrected chi connectivity index (χ4v) is 4.50. The SMILES string of the molecule is S=C(CCCc1c[nH]c2ccccc12)SCCc1cccc(Br)c1. The zero-order chi connectivity index (χ0) is 16.8. The summed E-state index contributed by atoms with van der Waals surface area (Å²) in [5, 5.41) is 1.34. The molecule has 124 valence electrons. The van der Waals surface area contributed by atoms with Crippen molar-refractivity contribution in [3.05, 3.63) is 70.3 Å². The highest BCUT2D eigenvalue weighted by Crippen LogP contribution is 2.21. The van der Waals surface area contributed by atoms with Gasteiger partial charge in [-0.1, -0.05) is 58.5 Å². The summed E-state index contributed by atoms with van der Waals surface area (Å²) in [6, 6.07) is 17.0. The van der Waals surface area contributed by atoms with Crippen molar-refractivity contribution in [1.82, 2.24) is 4.98 Å². The molecule has 3 aromatic rings. The van der Waals surface area contributed by atoms with Crippen LogP contribution in [0.2, 0.25) is 0 Å². The molecule has 1 N–H and O–H groups in total. The molecule has 0 atom stereocenters. The monoisotopic (exact) mass is 417 g/mol. The van der Waals surface area contributed by atoms with E-state index < -0.39 is 0 Å². The first-order valence-corrected chi connectivity index (χ1v) is 10.4. The summed E-state index contributed by atoms with van der Waals surface area (Å²) < 4.78 is 2.27. The summed E-state index contributed by atoms with van der Waals surface area (Å²) >= 11 is 10.9. The molecule has 1 nitrogen and oxygen atoms in total. The van der Waals surface area contributed by atoms with Crippen LogP contribution in [0, 0.1) is 0 Å². The molecule has 0 spiro atoms. The van der Waals surface area contributed by atoms with Gasteiger partial charge in [0, 0.05) is 31.5 Å². The highest BCUT2D eigenvalue weighted by atomic mass is 79.9. The van der Waals surface area contributed by atoms with E-state index in [2.05, 4.69) is 75.6 Å². The Hall–Kier alpha value is -1.10. The summed E-state index contributed by atoms with van der Waals surface area (Å²) in [7, 11) is 0. The van der Waals surface area contributed by atoms with Crippen molar-refractivity contribution >= 4 is 55.0 Å². The summed E-state index contributed by atoms with van der Waals surface area (Å²) in [5.41, 5.74) is 3.98. The first-order chi connectivity index (χ1) is 11.7. The maximum absolute atomic E-state index is 5.53. The number of rotatable bonds is 7. The van der Waals surface area contributed by atoms with Gasteiger partial charge in [-0.3, -0.25) is 0 Å². The molecular weight excluding hydrogens is 398 g/mol. The molecular formula is C20H20BrNS2. The van der Waals surface area contributed by atoms with Gasteiger partial charge >= 0.3 is 0 Å². The van der Waals surface area contributed by atoms with Gasteiger partial charge in [0.15, 0.2) is 0 Å². The lowest BCUT2D eigenvalue weighted by Gasteiger charge is -2.05. The van der Waals surface area contributed by atoms with E-state index in [4.69, 9.17) is 12.2 Å². The fraction of sp³-hybridized carbons (Fsp3) is 0.250. The number of H-pyrrole nitrogens is 1. The third kappa shape index (κ3) is 4.95. The quantitative estimate of drug-likeness (QED) is 0.438. The van der Waals surface area contributed by atoms with Crippen molar-refractivity contribution in [3.8, 4) is 0 Å². The molecule has 0 amide bonds. The Balaban J connectivity index is 1.40. The Morgan fingerprint density at radius 1 is 1.08 bits per heavy atom. The lowest BCUT2D eigenvalue weighted by atomic mass is 10.1. The second kappa shape index (κ2) is 8.84. The third-order valence-corrected chi connectivity index (χ3v) is 6.03. The van der Waals surface area contributed by atoms with Crippen molar-refractivity contribution in [2.75, 3.05) is 5.75 Å². The Morgan fingerprint density at radius 2 is 1.96 bits per heavy atom. The van der Waals surface area contributed by atoms with Crippen LogP contribution in [0.5, 0.6) is 0 Å². The predicted molar refractivity (Wildman–Crippen MR) is 114 cm³/mol. The molecule has 3 rings (SSSR count). The molecule has 0 aliphatic carbocycles. The highest BCUT2D eigenvalue weighted by Gasteiger charge is 2.04. The van der Waals surface area contributed by atoms with Crippen LogP contribution in [0.1, 0.15) is 24.0 Å². The van der Waals surface area contributed by atoms with Gasteiger partial charge in [0.05, 0.1) is 0 Å². The number of hydrogen-bond donors (Lipinski definition) is 1. The number of halogens is 1. The number of benzene rings is 2. The Labute approximate surface area is 161 Å². The molecule has 24 heavy (non-hydrogen) atoms. The first-order valence-electron chi connectivity index (χ1n) is 8.17. The molecule has 0 saturated carbocycles. The minimum absolute atomic E-state index is 1.01. The molecule has 0 fully saturated rings. The fourth-order valence-electron chi connectivity index (χ4n) is 2.81. The Kier molecular flexibility index (Phi) is 6.52. The number of thioether (sulfide) groups is 1. The number of hydrogen-bond acceptors (Lipinski definition) is 2. The molecule has 0 radical (unpaired) electrons. The lowest BCUT2D eigenvalue weighted by molar-refractivity contribution is 0.882. The van der Waals surface area contributed by atoms with Gasteiger partial charge in [-0.05, 0) is 55.0 Å². The van der Waals surface area contributed by atoms with Gasteiger partial charge in [-0.15, -0.1) is 11.8 Å². The normalized spacial score (nSPS) is 11.0. The van der Waals surface area contributed by atoms with Crippen LogP contribution in [-0.2, 0) is 12.8 Å². The zero-order valence-electron chi connectivity index (χ0n) is 13.4. The Morgan fingerprint density at radius 3 is 2.83 bits per heavy atom. The van der Waals surface area contributed by atoms with Crippen LogP contribution in [0.15, 0.2) is 59.2 Å². The van der Waals surface area contributed by atoms with Gasteiger partial charge in [0.25, 0.3) is 0 Å². The highest BCUT2D eigenvalue weighted by molar-refractivity contribution is 9.10. The second-order valence-electron chi connectivity index (χ2n) is 5.81. The molecule has 0 saturated heterocycles. The van der Waals surface area contributed by atoms with Crippen LogP contribution in [0.3, 0.4) is 0 Å². The van der Waals surface area contributed by atoms with Crippen LogP contribution in [-0.4, -0.2) is 14.9 Å². The largest absolute Gasteiger partial charge is 0.361 e. The molecule has 1 heterocycles. The molecule has 0 aliphatic heterocycles. The van der Waals surface area contributed by atoms with Crippen molar-refractivity contribution in [2.24, 2.45) is 0 Å². The lowest BCUT2D eigenvalue weighted by Crippen LogP contribution is -1.95. The van der Waals surface area contributed by atoms with Gasteiger partial charge in [-0.25, -0.2) is 0 Å². The van der Waals surface area contributed by atoms with E-state index >= 15 is 0 Å². The van der Waals surface area contributed by atoms with Crippen molar-refractivity contribution in [2.45, 2.75) is 25.7 Å². The van der Waals surface area contributed by atoms with E-state index in [1.165, 1.54) is 22.0 Å². The maximum atomic E-state index is 5.53. The summed E-state index contributed by atoms with van der Waals surface area (Å²) in [4.78, 5) is 3.34. The van der Waals surface area contributed by atoms with Crippen molar-refractivity contribution in [1.29, 1.82) is 0 Å². The van der Waals surface area contributed by atoms with E-state index in [0.717, 1.165) is 40.1 Å². The summed E-state index contributed by atoms with van der Waals surface area (Å²) in [6.45, 7) is 0. The molecule has 0 aliphatic rings. The predicted octanol–water partition coefficient (Wildman–Crippen LogP) is 6.56. The smallest absolute Gasteiger partial charge is 0.0478 e. The topological polar surface area (TPSA) is 15.8 Å². The first kappa shape index (κ1) is 17.7. The number of para-hydroxylation sites is 1. The standard InChI is InChI=1S/C20H20BrNS2/c21-17-7-3-5-15(13-17)11-12-24-20(23)10-4-6-16-14-22-19-9-2-1-8-18(16)19/h1-3,5,7-9,13-14,22H,4,6,10-12H2. The third-order valence-electron chi connectivity index (χ3n) is 4.04. The van der Waals surface area contributed by atoms with E-state index in [0.29, 0.717) is 0 Å². The number of nitrogens with one attached hydrogen (secondary N) is 1. The van der Waals surface area contributed by atoms with E-state index in [1.54, 1.807) is 0 Å². The van der Waals surface area contributed by atoms with Gasteiger partial charge in [0.1, 0.15) is 0 Å². The number of fused-ring (bicyclic) bond motifs is 1.